The van der Waals surface area contributed by atoms with Crippen LogP contribution in [-0.4, -0.2) is 51.1 Å². The van der Waals surface area contributed by atoms with E-state index in [0.29, 0.717) is 41.3 Å². The lowest BCUT2D eigenvalue weighted by molar-refractivity contribution is 0.00189. The average Bonchev–Trinajstić information content (AvgIpc) is 2.91. The molecule has 0 saturated carbocycles. The Kier molecular flexibility index (Phi) is 9.61. The summed E-state index contributed by atoms with van der Waals surface area (Å²) in [5.74, 6) is 2.41. The van der Waals surface area contributed by atoms with Crippen molar-refractivity contribution in [2.75, 3.05) is 19.8 Å². The van der Waals surface area contributed by atoms with Gasteiger partial charge in [-0.25, -0.2) is 15.0 Å². The van der Waals surface area contributed by atoms with E-state index in [2.05, 4.69) is 72.8 Å². The zero-order chi connectivity index (χ0) is 29.7. The van der Waals surface area contributed by atoms with E-state index < -0.39 is 6.10 Å². The van der Waals surface area contributed by atoms with E-state index in [-0.39, 0.29) is 24.4 Å². The summed E-state index contributed by atoms with van der Waals surface area (Å²) in [6.45, 7) is 15.7. The lowest BCUT2D eigenvalue weighted by atomic mass is 9.75. The second-order valence-electron chi connectivity index (χ2n) is 12.0. The second kappa shape index (κ2) is 13.0. The quantitative estimate of drug-likeness (QED) is 0.260. The minimum absolute atomic E-state index is 0.0126. The number of ether oxygens (including phenoxy) is 2. The van der Waals surface area contributed by atoms with E-state index in [0.717, 1.165) is 35.1 Å². The third-order valence-electron chi connectivity index (χ3n) is 7.55. The summed E-state index contributed by atoms with van der Waals surface area (Å²) < 4.78 is 11.3. The van der Waals surface area contributed by atoms with Crippen molar-refractivity contribution in [1.29, 1.82) is 0 Å². The third kappa shape index (κ3) is 7.60. The minimum atomic E-state index is -0.767. The minimum Gasteiger partial charge on any atom is -0.507 e. The van der Waals surface area contributed by atoms with E-state index in [4.69, 9.17) is 24.4 Å². The molecule has 3 aromatic rings. The number of aryl methyl sites for hydroxylation is 2. The highest BCUT2D eigenvalue weighted by atomic mass is 16.5. The standard InChI is InChI=1S/C34H43N3O4/c1-8-21(2)18-40-19-25(38)20-41-26-11-13-28(30(39)16-26)32-35-31(27-12-9-22(3)15-24(27)5)36-33(37-32)29-14-10-23(4)17-34(29,6)7/h9-16,21,25,38-39H,8,17-20H2,1-7H3. The van der Waals surface area contributed by atoms with Gasteiger partial charge in [-0.2, -0.15) is 0 Å². The average molecular weight is 558 g/mol. The molecule has 1 aliphatic rings. The van der Waals surface area contributed by atoms with Gasteiger partial charge in [-0.05, 0) is 56.2 Å². The number of hydrogen-bond donors (Lipinski definition) is 2. The number of aliphatic hydroxyl groups is 1. The van der Waals surface area contributed by atoms with Gasteiger partial charge in [0.2, 0.25) is 0 Å². The molecule has 2 unspecified atom stereocenters. The first-order chi connectivity index (χ1) is 19.5. The number of aliphatic hydroxyl groups excluding tert-OH is 1. The highest BCUT2D eigenvalue weighted by molar-refractivity contribution is 5.74. The summed E-state index contributed by atoms with van der Waals surface area (Å²) >= 11 is 0. The fraction of sp³-hybridized carbons (Fsp3) is 0.441. The molecule has 1 aromatic heterocycles. The molecule has 1 heterocycles. The van der Waals surface area contributed by atoms with Crippen LogP contribution in [-0.2, 0) is 4.74 Å². The molecule has 0 spiro atoms. The number of aromatic hydroxyl groups is 1. The van der Waals surface area contributed by atoms with Gasteiger partial charge in [-0.15, -0.1) is 0 Å². The zero-order valence-corrected chi connectivity index (χ0v) is 25.4. The van der Waals surface area contributed by atoms with Gasteiger partial charge >= 0.3 is 0 Å². The number of aromatic nitrogens is 3. The van der Waals surface area contributed by atoms with Crippen LogP contribution in [0.1, 0.15) is 64.4 Å². The topological polar surface area (TPSA) is 97.6 Å². The van der Waals surface area contributed by atoms with Gasteiger partial charge in [0.15, 0.2) is 17.5 Å². The summed E-state index contributed by atoms with van der Waals surface area (Å²) in [5.41, 5.74) is 5.81. The fourth-order valence-electron chi connectivity index (χ4n) is 5.04. The SMILES string of the molecule is CCC(C)COCC(O)COc1ccc(-c2nc(C3=CC=C(C)CC3(C)C)nc(-c3ccc(C)cc3C)n2)c(O)c1. The van der Waals surface area contributed by atoms with Crippen LogP contribution in [0.2, 0.25) is 0 Å². The van der Waals surface area contributed by atoms with E-state index >= 15 is 0 Å². The van der Waals surface area contributed by atoms with Crippen molar-refractivity contribution in [1.82, 2.24) is 15.0 Å². The van der Waals surface area contributed by atoms with Gasteiger partial charge < -0.3 is 19.7 Å². The number of benzene rings is 2. The summed E-state index contributed by atoms with van der Waals surface area (Å²) in [6, 6.07) is 11.2. The Balaban J connectivity index is 1.65. The molecule has 41 heavy (non-hydrogen) atoms. The first-order valence-electron chi connectivity index (χ1n) is 14.4. The molecule has 2 N–H and O–H groups in total. The maximum atomic E-state index is 11.0. The molecule has 218 valence electrons. The number of phenols is 1. The van der Waals surface area contributed by atoms with Crippen LogP contribution < -0.4 is 4.74 Å². The predicted molar refractivity (Wildman–Crippen MR) is 164 cm³/mol. The predicted octanol–water partition coefficient (Wildman–Crippen LogP) is 7.09. The molecule has 7 nitrogen and oxygen atoms in total. The van der Waals surface area contributed by atoms with Crippen molar-refractivity contribution >= 4 is 5.57 Å². The number of phenolic OH excluding ortho intramolecular Hbond substituents is 1. The van der Waals surface area contributed by atoms with Gasteiger partial charge in [0.1, 0.15) is 24.2 Å². The van der Waals surface area contributed by atoms with Crippen molar-refractivity contribution in [2.24, 2.45) is 11.3 Å². The number of rotatable bonds is 11. The maximum Gasteiger partial charge on any atom is 0.167 e. The van der Waals surface area contributed by atoms with E-state index in [9.17, 15) is 10.2 Å². The van der Waals surface area contributed by atoms with Gasteiger partial charge in [0.25, 0.3) is 0 Å². The number of allylic oxidation sites excluding steroid dienone is 4. The van der Waals surface area contributed by atoms with Crippen LogP contribution in [0, 0.1) is 25.2 Å². The van der Waals surface area contributed by atoms with Gasteiger partial charge in [0.05, 0.1) is 12.2 Å². The fourth-order valence-corrected chi connectivity index (χ4v) is 5.04. The number of nitrogens with zero attached hydrogens (tertiary/aromatic N) is 3. The van der Waals surface area contributed by atoms with E-state index in [1.807, 2.05) is 6.07 Å². The molecule has 0 bridgehead atoms. The van der Waals surface area contributed by atoms with Gasteiger partial charge in [0, 0.05) is 23.8 Å². The van der Waals surface area contributed by atoms with Crippen LogP contribution in [0.3, 0.4) is 0 Å². The van der Waals surface area contributed by atoms with Crippen LogP contribution in [0.4, 0.5) is 0 Å². The molecule has 2 aromatic carbocycles. The summed E-state index contributed by atoms with van der Waals surface area (Å²) in [7, 11) is 0. The smallest absolute Gasteiger partial charge is 0.167 e. The molecule has 2 atom stereocenters. The first kappa shape index (κ1) is 30.4. The molecular weight excluding hydrogens is 514 g/mol. The molecular formula is C34H43N3O4. The molecule has 4 rings (SSSR count). The zero-order valence-electron chi connectivity index (χ0n) is 25.4. The van der Waals surface area contributed by atoms with Crippen molar-refractivity contribution in [3.8, 4) is 34.3 Å². The Morgan fingerprint density at radius 1 is 0.878 bits per heavy atom. The normalized spacial score (nSPS) is 16.1. The van der Waals surface area contributed by atoms with Crippen molar-refractivity contribution in [2.45, 2.75) is 67.4 Å². The van der Waals surface area contributed by atoms with Gasteiger partial charge in [-0.3, -0.25) is 0 Å². The van der Waals surface area contributed by atoms with Crippen molar-refractivity contribution < 1.29 is 19.7 Å². The second-order valence-corrected chi connectivity index (χ2v) is 12.0. The highest BCUT2D eigenvalue weighted by Gasteiger charge is 2.30. The Labute approximate surface area is 244 Å². The van der Waals surface area contributed by atoms with Crippen LogP contribution in [0.15, 0.2) is 54.1 Å². The molecule has 0 fully saturated rings. The maximum absolute atomic E-state index is 11.0. The lowest BCUT2D eigenvalue weighted by Crippen LogP contribution is -2.24. The van der Waals surface area contributed by atoms with Gasteiger partial charge in [-0.1, -0.05) is 75.6 Å². The summed E-state index contributed by atoms with van der Waals surface area (Å²) in [5, 5.41) is 21.3. The Morgan fingerprint density at radius 2 is 1.56 bits per heavy atom. The van der Waals surface area contributed by atoms with Crippen LogP contribution >= 0.6 is 0 Å². The first-order valence-corrected chi connectivity index (χ1v) is 14.4. The highest BCUT2D eigenvalue weighted by Crippen LogP contribution is 2.42. The lowest BCUT2D eigenvalue weighted by Gasteiger charge is -2.30. The molecule has 7 heteroatoms. The van der Waals surface area contributed by atoms with Crippen LogP contribution in [0.5, 0.6) is 11.5 Å². The van der Waals surface area contributed by atoms with Crippen molar-refractivity contribution in [3.63, 3.8) is 0 Å². The molecule has 1 aliphatic carbocycles. The molecule has 0 aliphatic heterocycles. The molecule has 0 amide bonds. The molecule has 0 saturated heterocycles. The third-order valence-corrected chi connectivity index (χ3v) is 7.55. The Morgan fingerprint density at radius 3 is 2.22 bits per heavy atom. The number of hydrogen-bond acceptors (Lipinski definition) is 7. The van der Waals surface area contributed by atoms with E-state index in [1.165, 1.54) is 11.6 Å². The van der Waals surface area contributed by atoms with Crippen LogP contribution in [0.25, 0.3) is 28.3 Å². The summed E-state index contributed by atoms with van der Waals surface area (Å²) in [4.78, 5) is 14.6. The Bertz CT molecular complexity index is 1440. The monoisotopic (exact) mass is 557 g/mol. The largest absolute Gasteiger partial charge is 0.507 e. The Hall–Kier alpha value is -3.55. The summed E-state index contributed by atoms with van der Waals surface area (Å²) in [6.07, 6.45) is 5.38. The van der Waals surface area contributed by atoms with E-state index in [1.54, 1.807) is 12.1 Å². The van der Waals surface area contributed by atoms with Crippen molar-refractivity contribution in [3.05, 3.63) is 71.1 Å². The molecule has 0 radical (unpaired) electrons.